The second-order valence-corrected chi connectivity index (χ2v) is 5.09. The summed E-state index contributed by atoms with van der Waals surface area (Å²) in [4.78, 5) is 0. The summed E-state index contributed by atoms with van der Waals surface area (Å²) in [5.41, 5.74) is 1.23. The van der Waals surface area contributed by atoms with Gasteiger partial charge in [-0.25, -0.2) is 0 Å². The SMILES string of the molecule is C=C(/C=C\C(=C)C1CCC(CCC)CC1)OC. The van der Waals surface area contributed by atoms with Crippen molar-refractivity contribution in [3.05, 3.63) is 36.6 Å². The highest BCUT2D eigenvalue weighted by atomic mass is 16.5. The summed E-state index contributed by atoms with van der Waals surface area (Å²) in [7, 11) is 1.64. The first-order valence-electron chi connectivity index (χ1n) is 6.77. The molecule has 1 rings (SSSR count). The lowest BCUT2D eigenvalue weighted by Crippen LogP contribution is -2.15. The van der Waals surface area contributed by atoms with Crippen LogP contribution in [-0.4, -0.2) is 7.11 Å². The Labute approximate surface area is 106 Å². The number of hydrogen-bond donors (Lipinski definition) is 0. The molecule has 0 aromatic carbocycles. The average Bonchev–Trinajstić information content (AvgIpc) is 2.36. The smallest absolute Gasteiger partial charge is 0.111 e. The van der Waals surface area contributed by atoms with Gasteiger partial charge in [-0.1, -0.05) is 44.6 Å². The van der Waals surface area contributed by atoms with Crippen molar-refractivity contribution in [1.82, 2.24) is 0 Å². The van der Waals surface area contributed by atoms with Crippen LogP contribution in [0.3, 0.4) is 0 Å². The number of hydrogen-bond acceptors (Lipinski definition) is 1. The summed E-state index contributed by atoms with van der Waals surface area (Å²) < 4.78 is 5.01. The van der Waals surface area contributed by atoms with E-state index in [9.17, 15) is 0 Å². The second kappa shape index (κ2) is 7.37. The zero-order chi connectivity index (χ0) is 12.7. The molecule has 1 aliphatic carbocycles. The minimum Gasteiger partial charge on any atom is -0.497 e. The van der Waals surface area contributed by atoms with Gasteiger partial charge in [0, 0.05) is 0 Å². The van der Waals surface area contributed by atoms with Crippen molar-refractivity contribution in [2.45, 2.75) is 45.4 Å². The van der Waals surface area contributed by atoms with Gasteiger partial charge in [-0.05, 0) is 43.6 Å². The number of allylic oxidation sites excluding steroid dienone is 3. The molecule has 17 heavy (non-hydrogen) atoms. The van der Waals surface area contributed by atoms with E-state index in [1.54, 1.807) is 7.11 Å². The summed E-state index contributed by atoms with van der Waals surface area (Å²) in [5, 5.41) is 0. The van der Waals surface area contributed by atoms with Crippen LogP contribution in [0.4, 0.5) is 0 Å². The minimum absolute atomic E-state index is 0.670. The quantitative estimate of drug-likeness (QED) is 0.471. The first kappa shape index (κ1) is 14.1. The molecule has 0 amide bonds. The molecular formula is C16H26O. The van der Waals surface area contributed by atoms with Crippen LogP contribution in [0, 0.1) is 11.8 Å². The Morgan fingerprint density at radius 1 is 1.18 bits per heavy atom. The maximum absolute atomic E-state index is 5.01. The summed E-state index contributed by atoms with van der Waals surface area (Å²) in [5.74, 6) is 2.33. The molecule has 1 saturated carbocycles. The summed E-state index contributed by atoms with van der Waals surface area (Å²) in [6.45, 7) is 10.2. The van der Waals surface area contributed by atoms with Crippen LogP contribution < -0.4 is 0 Å². The summed E-state index contributed by atoms with van der Waals surface area (Å²) in [6, 6.07) is 0. The highest BCUT2D eigenvalue weighted by Crippen LogP contribution is 2.35. The van der Waals surface area contributed by atoms with Crippen LogP contribution in [0.15, 0.2) is 36.6 Å². The molecular weight excluding hydrogens is 208 g/mol. The molecule has 0 aromatic heterocycles. The van der Waals surface area contributed by atoms with Crippen molar-refractivity contribution in [2.75, 3.05) is 7.11 Å². The predicted molar refractivity (Wildman–Crippen MR) is 74.8 cm³/mol. The predicted octanol–water partition coefficient (Wildman–Crippen LogP) is 4.87. The van der Waals surface area contributed by atoms with Gasteiger partial charge in [0.2, 0.25) is 0 Å². The monoisotopic (exact) mass is 234 g/mol. The average molecular weight is 234 g/mol. The van der Waals surface area contributed by atoms with Gasteiger partial charge in [-0.2, -0.15) is 0 Å². The van der Waals surface area contributed by atoms with Gasteiger partial charge >= 0.3 is 0 Å². The van der Waals surface area contributed by atoms with E-state index < -0.39 is 0 Å². The van der Waals surface area contributed by atoms with Crippen LogP contribution in [0.25, 0.3) is 0 Å². The topological polar surface area (TPSA) is 9.23 Å². The molecule has 1 aliphatic rings. The van der Waals surface area contributed by atoms with Crippen molar-refractivity contribution in [3.8, 4) is 0 Å². The molecule has 0 bridgehead atoms. The van der Waals surface area contributed by atoms with E-state index in [1.165, 1.54) is 44.1 Å². The van der Waals surface area contributed by atoms with Gasteiger partial charge in [-0.15, -0.1) is 0 Å². The third kappa shape index (κ3) is 4.80. The lowest BCUT2D eigenvalue weighted by Gasteiger charge is -2.28. The van der Waals surface area contributed by atoms with Crippen LogP contribution >= 0.6 is 0 Å². The van der Waals surface area contributed by atoms with Crippen molar-refractivity contribution in [2.24, 2.45) is 11.8 Å². The van der Waals surface area contributed by atoms with Gasteiger partial charge in [0.1, 0.15) is 5.76 Å². The maximum atomic E-state index is 5.01. The molecule has 1 nitrogen and oxygen atoms in total. The van der Waals surface area contributed by atoms with Crippen molar-refractivity contribution >= 4 is 0 Å². The fourth-order valence-electron chi connectivity index (χ4n) is 2.63. The molecule has 0 aromatic rings. The van der Waals surface area contributed by atoms with E-state index in [-0.39, 0.29) is 0 Å². The lowest BCUT2D eigenvalue weighted by atomic mass is 9.77. The van der Waals surface area contributed by atoms with Gasteiger partial charge in [0.05, 0.1) is 7.11 Å². The van der Waals surface area contributed by atoms with E-state index in [4.69, 9.17) is 4.74 Å². The first-order chi connectivity index (χ1) is 8.17. The second-order valence-electron chi connectivity index (χ2n) is 5.09. The normalized spacial score (nSPS) is 24.8. The van der Waals surface area contributed by atoms with Gasteiger partial charge < -0.3 is 4.74 Å². The Morgan fingerprint density at radius 2 is 1.82 bits per heavy atom. The molecule has 0 atom stereocenters. The standard InChI is InChI=1S/C16H26O/c1-5-6-15-9-11-16(12-10-15)13(2)7-8-14(3)17-4/h7-8,15-16H,2-3,5-6,9-12H2,1,4H3/b8-7-. The highest BCUT2D eigenvalue weighted by molar-refractivity contribution is 5.23. The number of methoxy groups -OCH3 is 1. The van der Waals surface area contributed by atoms with E-state index in [2.05, 4.69) is 26.2 Å². The van der Waals surface area contributed by atoms with Gasteiger partial charge in [0.25, 0.3) is 0 Å². The zero-order valence-corrected chi connectivity index (χ0v) is 11.4. The molecule has 1 fully saturated rings. The van der Waals surface area contributed by atoms with Crippen LogP contribution in [0.1, 0.15) is 45.4 Å². The fourth-order valence-corrected chi connectivity index (χ4v) is 2.63. The molecule has 1 heteroatoms. The van der Waals surface area contributed by atoms with Gasteiger partial charge in [-0.3, -0.25) is 0 Å². The molecule has 0 radical (unpaired) electrons. The van der Waals surface area contributed by atoms with Crippen molar-refractivity contribution in [1.29, 1.82) is 0 Å². The van der Waals surface area contributed by atoms with Crippen LogP contribution in [0.5, 0.6) is 0 Å². The molecule has 96 valence electrons. The molecule has 0 unspecified atom stereocenters. The van der Waals surface area contributed by atoms with Crippen LogP contribution in [-0.2, 0) is 4.74 Å². The van der Waals surface area contributed by atoms with E-state index in [0.29, 0.717) is 11.7 Å². The Balaban J connectivity index is 2.35. The van der Waals surface area contributed by atoms with Crippen LogP contribution in [0.2, 0.25) is 0 Å². The third-order valence-electron chi connectivity index (χ3n) is 3.81. The Hall–Kier alpha value is -0.980. The lowest BCUT2D eigenvalue weighted by molar-refractivity contribution is 0.288. The maximum Gasteiger partial charge on any atom is 0.111 e. The van der Waals surface area contributed by atoms with Crippen molar-refractivity contribution in [3.63, 3.8) is 0 Å². The minimum atomic E-state index is 0.670. The number of ether oxygens (including phenoxy) is 1. The number of rotatable bonds is 6. The molecule has 0 aliphatic heterocycles. The summed E-state index contributed by atoms with van der Waals surface area (Å²) in [6.07, 6.45) is 12.0. The largest absolute Gasteiger partial charge is 0.497 e. The van der Waals surface area contributed by atoms with E-state index in [1.807, 2.05) is 6.08 Å². The molecule has 0 spiro atoms. The summed E-state index contributed by atoms with van der Waals surface area (Å²) >= 11 is 0. The highest BCUT2D eigenvalue weighted by Gasteiger charge is 2.21. The van der Waals surface area contributed by atoms with E-state index >= 15 is 0 Å². The Morgan fingerprint density at radius 3 is 2.35 bits per heavy atom. The molecule has 0 heterocycles. The zero-order valence-electron chi connectivity index (χ0n) is 11.4. The third-order valence-corrected chi connectivity index (χ3v) is 3.81. The van der Waals surface area contributed by atoms with Crippen molar-refractivity contribution < 1.29 is 4.74 Å². The fraction of sp³-hybridized carbons (Fsp3) is 0.625. The first-order valence-corrected chi connectivity index (χ1v) is 6.77. The Bertz CT molecular complexity index is 280. The van der Waals surface area contributed by atoms with Gasteiger partial charge in [0.15, 0.2) is 0 Å². The van der Waals surface area contributed by atoms with E-state index in [0.717, 1.165) is 5.92 Å². The Kier molecular flexibility index (Phi) is 6.10. The molecule has 0 N–H and O–H groups in total. The molecule has 0 saturated heterocycles.